The van der Waals surface area contributed by atoms with Gasteiger partial charge < -0.3 is 10.6 Å². The second kappa shape index (κ2) is 4.52. The van der Waals surface area contributed by atoms with E-state index in [-0.39, 0.29) is 11.9 Å². The molecule has 1 fully saturated rings. The predicted molar refractivity (Wildman–Crippen MR) is 52.3 cm³/mol. The Morgan fingerprint density at radius 1 is 1.58 bits per heavy atom. The molecule has 1 rings (SSSR count). The molecule has 2 atom stereocenters. The summed E-state index contributed by atoms with van der Waals surface area (Å²) in [6.45, 7) is 3.41. The van der Waals surface area contributed by atoms with Gasteiger partial charge >= 0.3 is 0 Å². The molecule has 0 bridgehead atoms. The van der Waals surface area contributed by atoms with E-state index in [1.54, 1.807) is 0 Å². The summed E-state index contributed by atoms with van der Waals surface area (Å²) in [4.78, 5) is 11.0. The average molecular weight is 186 g/mol. The second-order valence-corrected chi connectivity index (χ2v) is 3.83. The standard InChI is InChI=1S/C8H14N2OS/c1-3-8(11)10-7-5-12-4-6(7)9-2/h3,6-7,9H,1,4-5H2,2H3,(H,10,11). The number of likely N-dealkylation sites (N-methyl/N-ethyl adjacent to an activating group) is 1. The molecule has 12 heavy (non-hydrogen) atoms. The van der Waals surface area contributed by atoms with Gasteiger partial charge in [-0.15, -0.1) is 0 Å². The summed E-state index contributed by atoms with van der Waals surface area (Å²) in [5, 5.41) is 6.06. The molecule has 68 valence electrons. The van der Waals surface area contributed by atoms with Crippen molar-refractivity contribution in [2.24, 2.45) is 0 Å². The molecular formula is C8H14N2OS. The van der Waals surface area contributed by atoms with E-state index in [0.29, 0.717) is 6.04 Å². The molecule has 2 N–H and O–H groups in total. The molecule has 1 heterocycles. The van der Waals surface area contributed by atoms with Crippen molar-refractivity contribution in [1.82, 2.24) is 10.6 Å². The van der Waals surface area contributed by atoms with E-state index in [1.165, 1.54) is 6.08 Å². The zero-order valence-electron chi connectivity index (χ0n) is 7.17. The molecule has 1 saturated heterocycles. The maximum Gasteiger partial charge on any atom is 0.243 e. The Balaban J connectivity index is 2.40. The topological polar surface area (TPSA) is 41.1 Å². The highest BCUT2D eigenvalue weighted by atomic mass is 32.2. The van der Waals surface area contributed by atoms with Gasteiger partial charge in [0.15, 0.2) is 0 Å². The lowest BCUT2D eigenvalue weighted by Gasteiger charge is -2.18. The largest absolute Gasteiger partial charge is 0.347 e. The molecule has 0 aliphatic carbocycles. The van der Waals surface area contributed by atoms with Gasteiger partial charge in [-0.2, -0.15) is 11.8 Å². The summed E-state index contributed by atoms with van der Waals surface area (Å²) in [5.41, 5.74) is 0. The van der Waals surface area contributed by atoms with E-state index in [4.69, 9.17) is 0 Å². The van der Waals surface area contributed by atoms with Gasteiger partial charge in [0.1, 0.15) is 0 Å². The van der Waals surface area contributed by atoms with Crippen LogP contribution in [-0.4, -0.2) is 36.5 Å². The number of thioether (sulfide) groups is 1. The number of hydrogen-bond donors (Lipinski definition) is 2. The summed E-state index contributed by atoms with van der Waals surface area (Å²) in [7, 11) is 1.92. The zero-order valence-corrected chi connectivity index (χ0v) is 7.99. The summed E-state index contributed by atoms with van der Waals surface area (Å²) in [6.07, 6.45) is 1.32. The molecule has 3 nitrogen and oxygen atoms in total. The first-order valence-corrected chi connectivity index (χ1v) is 5.11. The van der Waals surface area contributed by atoms with Crippen molar-refractivity contribution in [2.75, 3.05) is 18.6 Å². The number of rotatable bonds is 3. The zero-order chi connectivity index (χ0) is 8.97. The van der Waals surface area contributed by atoms with Crippen LogP contribution in [0.4, 0.5) is 0 Å². The first-order valence-electron chi connectivity index (χ1n) is 3.96. The molecule has 0 aromatic rings. The number of carbonyl (C=O) groups excluding carboxylic acids is 1. The molecule has 1 aliphatic heterocycles. The highest BCUT2D eigenvalue weighted by molar-refractivity contribution is 7.99. The van der Waals surface area contributed by atoms with Gasteiger partial charge in [0.2, 0.25) is 5.91 Å². The third kappa shape index (κ3) is 2.25. The van der Waals surface area contributed by atoms with Gasteiger partial charge in [0.05, 0.1) is 6.04 Å². The third-order valence-electron chi connectivity index (χ3n) is 1.96. The molecule has 2 unspecified atom stereocenters. The van der Waals surface area contributed by atoms with Crippen molar-refractivity contribution in [2.45, 2.75) is 12.1 Å². The molecule has 0 saturated carbocycles. The first kappa shape index (κ1) is 9.61. The minimum atomic E-state index is -0.0808. The fraction of sp³-hybridized carbons (Fsp3) is 0.625. The Hall–Kier alpha value is -0.480. The monoisotopic (exact) mass is 186 g/mol. The van der Waals surface area contributed by atoms with Crippen molar-refractivity contribution in [3.63, 3.8) is 0 Å². The van der Waals surface area contributed by atoms with Crippen LogP contribution in [0.1, 0.15) is 0 Å². The van der Waals surface area contributed by atoms with Gasteiger partial charge in [-0.1, -0.05) is 6.58 Å². The van der Waals surface area contributed by atoms with Crippen LogP contribution in [-0.2, 0) is 4.79 Å². The van der Waals surface area contributed by atoms with Crippen molar-refractivity contribution in [1.29, 1.82) is 0 Å². The molecule has 0 radical (unpaired) electrons. The molecule has 0 spiro atoms. The van der Waals surface area contributed by atoms with E-state index in [9.17, 15) is 4.79 Å². The number of nitrogens with one attached hydrogen (secondary N) is 2. The number of amides is 1. The maximum atomic E-state index is 11.0. The molecule has 4 heteroatoms. The fourth-order valence-electron chi connectivity index (χ4n) is 1.22. The molecule has 1 amide bonds. The third-order valence-corrected chi connectivity index (χ3v) is 3.15. The Bertz CT molecular complexity index is 184. The van der Waals surface area contributed by atoms with Crippen LogP contribution >= 0.6 is 11.8 Å². The molecule has 1 aliphatic rings. The smallest absolute Gasteiger partial charge is 0.243 e. The minimum Gasteiger partial charge on any atom is -0.347 e. The predicted octanol–water partition coefficient (Wildman–Crippen LogP) is -0.00800. The Kier molecular flexibility index (Phi) is 3.62. The minimum absolute atomic E-state index is 0.0808. The van der Waals surface area contributed by atoms with Crippen molar-refractivity contribution in [3.8, 4) is 0 Å². The van der Waals surface area contributed by atoms with Crippen LogP contribution in [0.3, 0.4) is 0 Å². The van der Waals surface area contributed by atoms with Gasteiger partial charge in [-0.25, -0.2) is 0 Å². The second-order valence-electron chi connectivity index (χ2n) is 2.75. The van der Waals surface area contributed by atoms with Crippen molar-refractivity contribution in [3.05, 3.63) is 12.7 Å². The first-order chi connectivity index (χ1) is 5.77. The quantitative estimate of drug-likeness (QED) is 0.609. The maximum absolute atomic E-state index is 11.0. The van der Waals surface area contributed by atoms with E-state index >= 15 is 0 Å². The SMILES string of the molecule is C=CC(=O)NC1CSCC1NC. The van der Waals surface area contributed by atoms with Crippen LogP contribution in [0.15, 0.2) is 12.7 Å². The van der Waals surface area contributed by atoms with Gasteiger partial charge in [-0.3, -0.25) is 4.79 Å². The lowest BCUT2D eigenvalue weighted by Crippen LogP contribution is -2.47. The Morgan fingerprint density at radius 3 is 2.83 bits per heavy atom. The normalized spacial score (nSPS) is 28.4. The van der Waals surface area contributed by atoms with Crippen LogP contribution in [0, 0.1) is 0 Å². The van der Waals surface area contributed by atoms with Gasteiger partial charge in [-0.05, 0) is 13.1 Å². The van der Waals surface area contributed by atoms with Gasteiger partial charge in [0, 0.05) is 17.5 Å². The highest BCUT2D eigenvalue weighted by Gasteiger charge is 2.26. The Morgan fingerprint density at radius 2 is 2.25 bits per heavy atom. The van der Waals surface area contributed by atoms with E-state index in [1.807, 2.05) is 18.8 Å². The number of carbonyl (C=O) groups is 1. The van der Waals surface area contributed by atoms with Crippen LogP contribution in [0.5, 0.6) is 0 Å². The van der Waals surface area contributed by atoms with Crippen LogP contribution in [0.25, 0.3) is 0 Å². The van der Waals surface area contributed by atoms with E-state index < -0.39 is 0 Å². The molecule has 0 aromatic heterocycles. The summed E-state index contributed by atoms with van der Waals surface area (Å²) in [5.74, 6) is 1.98. The van der Waals surface area contributed by atoms with Crippen molar-refractivity contribution >= 4 is 17.7 Å². The van der Waals surface area contributed by atoms with Gasteiger partial charge in [0.25, 0.3) is 0 Å². The van der Waals surface area contributed by atoms with Crippen LogP contribution < -0.4 is 10.6 Å². The van der Waals surface area contributed by atoms with E-state index in [2.05, 4.69) is 17.2 Å². The van der Waals surface area contributed by atoms with E-state index in [0.717, 1.165) is 11.5 Å². The summed E-state index contributed by atoms with van der Waals surface area (Å²) in [6, 6.07) is 0.657. The molecular weight excluding hydrogens is 172 g/mol. The number of hydrogen-bond acceptors (Lipinski definition) is 3. The fourth-order valence-corrected chi connectivity index (χ4v) is 2.58. The van der Waals surface area contributed by atoms with Crippen LogP contribution in [0.2, 0.25) is 0 Å². The van der Waals surface area contributed by atoms with Crippen molar-refractivity contribution < 1.29 is 4.79 Å². The Labute approximate surface area is 77.0 Å². The lowest BCUT2D eigenvalue weighted by atomic mass is 10.2. The summed E-state index contributed by atoms with van der Waals surface area (Å²) >= 11 is 1.86. The average Bonchev–Trinajstić information content (AvgIpc) is 2.51. The lowest BCUT2D eigenvalue weighted by molar-refractivity contribution is -0.117. The molecule has 0 aromatic carbocycles. The summed E-state index contributed by atoms with van der Waals surface area (Å²) < 4.78 is 0. The highest BCUT2D eigenvalue weighted by Crippen LogP contribution is 2.17.